The molecule has 0 aliphatic carbocycles. The van der Waals surface area contributed by atoms with Gasteiger partial charge in [0.25, 0.3) is 0 Å². The number of hydrogen-bond donors (Lipinski definition) is 0. The van der Waals surface area contributed by atoms with Crippen molar-refractivity contribution in [3.63, 3.8) is 0 Å². The summed E-state index contributed by atoms with van der Waals surface area (Å²) in [4.78, 5) is 4.80. The second kappa shape index (κ2) is 7.69. The molecule has 1 aliphatic heterocycles. The third kappa shape index (κ3) is 4.93. The summed E-state index contributed by atoms with van der Waals surface area (Å²) in [6.45, 7) is 8.75. The van der Waals surface area contributed by atoms with Gasteiger partial charge in [0.15, 0.2) is 0 Å². The molecule has 0 amide bonds. The average molecular weight is 391 g/mol. The molecule has 0 N–H and O–H groups in total. The Morgan fingerprint density at radius 3 is 2.35 bits per heavy atom. The fraction of sp³-hybridized carbons (Fsp3) is 0.700. The summed E-state index contributed by atoms with van der Waals surface area (Å²) in [5.41, 5.74) is 0.235. The van der Waals surface area contributed by atoms with Crippen LogP contribution in [-0.2, 0) is 12.6 Å². The summed E-state index contributed by atoms with van der Waals surface area (Å²) >= 11 is 5.88. The van der Waals surface area contributed by atoms with Crippen LogP contribution < -0.4 is 0 Å². The van der Waals surface area contributed by atoms with Crippen LogP contribution in [0.4, 0.5) is 13.2 Å². The van der Waals surface area contributed by atoms with Crippen molar-refractivity contribution in [1.82, 2.24) is 9.80 Å². The third-order valence-electron chi connectivity index (χ3n) is 5.67. The van der Waals surface area contributed by atoms with Crippen molar-refractivity contribution in [3.8, 4) is 0 Å². The number of halogens is 4. The van der Waals surface area contributed by atoms with E-state index >= 15 is 0 Å². The lowest BCUT2D eigenvalue weighted by Crippen LogP contribution is -2.60. The Balaban J connectivity index is 2.15. The second-order valence-electron chi connectivity index (χ2n) is 8.63. The van der Waals surface area contributed by atoms with E-state index in [2.05, 4.69) is 44.7 Å². The molecule has 26 heavy (non-hydrogen) atoms. The van der Waals surface area contributed by atoms with Gasteiger partial charge in [0.05, 0.1) is 10.6 Å². The summed E-state index contributed by atoms with van der Waals surface area (Å²) < 4.78 is 38.6. The first-order valence-corrected chi connectivity index (χ1v) is 9.51. The minimum Gasteiger partial charge on any atom is -0.302 e. The van der Waals surface area contributed by atoms with E-state index in [-0.39, 0.29) is 16.1 Å². The number of piperidine rings is 1. The highest BCUT2D eigenvalue weighted by atomic mass is 35.5. The predicted octanol–water partition coefficient (Wildman–Crippen LogP) is 5.49. The van der Waals surface area contributed by atoms with E-state index < -0.39 is 11.7 Å². The maximum atomic E-state index is 12.9. The van der Waals surface area contributed by atoms with E-state index in [0.717, 1.165) is 44.0 Å². The first kappa shape index (κ1) is 21.5. The summed E-state index contributed by atoms with van der Waals surface area (Å²) in [7, 11) is 4.21. The standard InChI is InChI=1S/C20H30ClF3N2/c1-18(2,3)26-12-6-10-19(14-26,25(4)5)11-9-15-7-8-16(17(21)13-15)20(22,23)24/h7-8,13H,6,9-12,14H2,1-5H3/t19-/m0/s1. The van der Waals surface area contributed by atoms with E-state index in [0.29, 0.717) is 6.42 Å². The van der Waals surface area contributed by atoms with E-state index in [1.807, 2.05) is 0 Å². The van der Waals surface area contributed by atoms with Gasteiger partial charge in [-0.25, -0.2) is 0 Å². The van der Waals surface area contributed by atoms with Crippen LogP contribution in [0, 0.1) is 0 Å². The lowest BCUT2D eigenvalue weighted by molar-refractivity contribution is -0.137. The number of rotatable bonds is 4. The summed E-state index contributed by atoms with van der Waals surface area (Å²) in [6.07, 6.45) is -0.566. The van der Waals surface area contributed by atoms with Gasteiger partial charge in [-0.2, -0.15) is 13.2 Å². The summed E-state index contributed by atoms with van der Waals surface area (Å²) in [5, 5.41) is -0.214. The van der Waals surface area contributed by atoms with Gasteiger partial charge in [0.1, 0.15) is 0 Å². The topological polar surface area (TPSA) is 6.48 Å². The van der Waals surface area contributed by atoms with Crippen LogP contribution in [0.1, 0.15) is 51.2 Å². The Morgan fingerprint density at radius 2 is 1.85 bits per heavy atom. The molecule has 0 radical (unpaired) electrons. The minimum atomic E-state index is -4.41. The Labute approximate surface area is 160 Å². The largest absolute Gasteiger partial charge is 0.417 e. The fourth-order valence-electron chi connectivity index (χ4n) is 3.80. The molecule has 0 saturated carbocycles. The molecule has 1 saturated heterocycles. The highest BCUT2D eigenvalue weighted by Gasteiger charge is 2.40. The van der Waals surface area contributed by atoms with Crippen LogP contribution in [0.25, 0.3) is 0 Å². The number of nitrogens with zero attached hydrogens (tertiary/aromatic N) is 2. The van der Waals surface area contributed by atoms with Crippen molar-refractivity contribution in [3.05, 3.63) is 34.3 Å². The molecule has 1 fully saturated rings. The van der Waals surface area contributed by atoms with Crippen molar-refractivity contribution in [2.45, 2.75) is 63.7 Å². The number of hydrogen-bond acceptors (Lipinski definition) is 2. The highest BCUT2D eigenvalue weighted by Crippen LogP contribution is 2.37. The van der Waals surface area contributed by atoms with Crippen molar-refractivity contribution < 1.29 is 13.2 Å². The van der Waals surface area contributed by atoms with Crippen LogP contribution >= 0.6 is 11.6 Å². The lowest BCUT2D eigenvalue weighted by Gasteiger charge is -2.51. The van der Waals surface area contributed by atoms with Crippen molar-refractivity contribution in [1.29, 1.82) is 0 Å². The van der Waals surface area contributed by atoms with Crippen molar-refractivity contribution >= 4 is 11.6 Å². The molecule has 1 aromatic rings. The number of likely N-dealkylation sites (N-methyl/N-ethyl adjacent to an activating group) is 1. The third-order valence-corrected chi connectivity index (χ3v) is 5.98. The van der Waals surface area contributed by atoms with Crippen LogP contribution in [-0.4, -0.2) is 48.1 Å². The zero-order valence-electron chi connectivity index (χ0n) is 16.4. The molecule has 0 bridgehead atoms. The molecular weight excluding hydrogens is 361 g/mol. The first-order chi connectivity index (χ1) is 11.8. The zero-order chi connectivity index (χ0) is 19.8. The molecule has 0 spiro atoms. The van der Waals surface area contributed by atoms with Gasteiger partial charge >= 0.3 is 6.18 Å². The molecule has 0 unspecified atom stereocenters. The molecule has 1 heterocycles. The molecule has 1 aromatic carbocycles. The Hall–Kier alpha value is -0.780. The monoisotopic (exact) mass is 390 g/mol. The van der Waals surface area contributed by atoms with Crippen LogP contribution in [0.2, 0.25) is 5.02 Å². The molecule has 1 atom stereocenters. The van der Waals surface area contributed by atoms with Crippen molar-refractivity contribution in [2.75, 3.05) is 27.2 Å². The van der Waals surface area contributed by atoms with E-state index in [1.165, 1.54) is 6.07 Å². The molecular formula is C20H30ClF3N2. The van der Waals surface area contributed by atoms with Gasteiger partial charge in [0, 0.05) is 17.6 Å². The molecule has 148 valence electrons. The van der Waals surface area contributed by atoms with E-state index in [4.69, 9.17) is 11.6 Å². The number of likely N-dealkylation sites (tertiary alicyclic amines) is 1. The smallest absolute Gasteiger partial charge is 0.302 e. The van der Waals surface area contributed by atoms with Gasteiger partial charge in [0.2, 0.25) is 0 Å². The second-order valence-corrected chi connectivity index (χ2v) is 9.03. The maximum Gasteiger partial charge on any atom is 0.417 e. The van der Waals surface area contributed by atoms with Crippen LogP contribution in [0.3, 0.4) is 0 Å². The number of benzene rings is 1. The Morgan fingerprint density at radius 1 is 1.19 bits per heavy atom. The van der Waals surface area contributed by atoms with Gasteiger partial charge < -0.3 is 4.90 Å². The number of alkyl halides is 3. The molecule has 0 aromatic heterocycles. The van der Waals surface area contributed by atoms with Gasteiger partial charge in [-0.1, -0.05) is 17.7 Å². The molecule has 2 rings (SSSR count). The van der Waals surface area contributed by atoms with E-state index in [1.54, 1.807) is 6.07 Å². The zero-order valence-corrected chi connectivity index (χ0v) is 17.1. The van der Waals surface area contributed by atoms with E-state index in [9.17, 15) is 13.2 Å². The molecule has 2 nitrogen and oxygen atoms in total. The number of aryl methyl sites for hydroxylation is 1. The van der Waals surface area contributed by atoms with Crippen molar-refractivity contribution in [2.24, 2.45) is 0 Å². The first-order valence-electron chi connectivity index (χ1n) is 9.13. The summed E-state index contributed by atoms with van der Waals surface area (Å²) in [6, 6.07) is 4.13. The van der Waals surface area contributed by atoms with Gasteiger partial charge in [-0.05, 0) is 84.8 Å². The SMILES string of the molecule is CN(C)[C@]1(CCc2ccc(C(F)(F)F)c(Cl)c2)CCCN(C(C)(C)C)C1. The normalized spacial score (nSPS) is 22.8. The predicted molar refractivity (Wildman–Crippen MR) is 102 cm³/mol. The van der Waals surface area contributed by atoms with Crippen LogP contribution in [0.5, 0.6) is 0 Å². The highest BCUT2D eigenvalue weighted by molar-refractivity contribution is 6.31. The fourth-order valence-corrected chi connectivity index (χ4v) is 4.11. The molecule has 1 aliphatic rings. The Kier molecular flexibility index (Phi) is 6.36. The lowest BCUT2D eigenvalue weighted by atomic mass is 9.81. The van der Waals surface area contributed by atoms with Crippen LogP contribution in [0.15, 0.2) is 18.2 Å². The average Bonchev–Trinajstić information content (AvgIpc) is 2.51. The summed E-state index contributed by atoms with van der Waals surface area (Å²) in [5.74, 6) is 0. The Bertz CT molecular complexity index is 622. The van der Waals surface area contributed by atoms with Gasteiger partial charge in [-0.3, -0.25) is 4.90 Å². The molecule has 6 heteroatoms. The minimum absolute atomic E-state index is 0.0285. The quantitative estimate of drug-likeness (QED) is 0.671. The maximum absolute atomic E-state index is 12.9. The van der Waals surface area contributed by atoms with Gasteiger partial charge in [-0.15, -0.1) is 0 Å².